The van der Waals surface area contributed by atoms with Crippen LogP contribution < -0.4 is 11.1 Å². The molecule has 3 heteroatoms. The lowest BCUT2D eigenvalue weighted by atomic mass is 9.79. The van der Waals surface area contributed by atoms with Gasteiger partial charge in [0.15, 0.2) is 0 Å². The summed E-state index contributed by atoms with van der Waals surface area (Å²) in [7, 11) is 0. The van der Waals surface area contributed by atoms with Crippen LogP contribution in [0.1, 0.15) is 46.5 Å². The zero-order valence-corrected chi connectivity index (χ0v) is 10.1. The van der Waals surface area contributed by atoms with Crippen LogP contribution in [0.5, 0.6) is 0 Å². The minimum absolute atomic E-state index is 0.0178. The molecule has 0 aromatic heterocycles. The monoisotopic (exact) mass is 212 g/mol. The minimum atomic E-state index is -0.334. The maximum atomic E-state index is 11.6. The fraction of sp³-hybridized carbons (Fsp3) is 0.917. The summed E-state index contributed by atoms with van der Waals surface area (Å²) in [5, 5.41) is 3.06. The Labute approximate surface area is 92.8 Å². The van der Waals surface area contributed by atoms with Gasteiger partial charge in [0.05, 0.1) is 6.04 Å². The summed E-state index contributed by atoms with van der Waals surface area (Å²) >= 11 is 0. The molecule has 1 aliphatic rings. The van der Waals surface area contributed by atoms with Gasteiger partial charge in [0, 0.05) is 6.04 Å². The summed E-state index contributed by atoms with van der Waals surface area (Å²) in [6.45, 7) is 6.50. The molecule has 1 rings (SSSR count). The zero-order valence-electron chi connectivity index (χ0n) is 10.1. The Balaban J connectivity index is 2.36. The molecule has 1 saturated carbocycles. The fourth-order valence-electron chi connectivity index (χ4n) is 2.17. The van der Waals surface area contributed by atoms with E-state index in [1.807, 2.05) is 6.92 Å². The zero-order chi connectivity index (χ0) is 11.4. The first-order chi connectivity index (χ1) is 7.04. The van der Waals surface area contributed by atoms with Crippen LogP contribution in [0, 0.1) is 11.8 Å². The van der Waals surface area contributed by atoms with Crippen molar-refractivity contribution >= 4 is 5.91 Å². The number of amides is 1. The van der Waals surface area contributed by atoms with E-state index in [9.17, 15) is 4.79 Å². The summed E-state index contributed by atoms with van der Waals surface area (Å²) in [6.07, 6.45) is 4.13. The Morgan fingerprint density at radius 3 is 2.60 bits per heavy atom. The van der Waals surface area contributed by atoms with Crippen LogP contribution in [0.15, 0.2) is 0 Å². The van der Waals surface area contributed by atoms with E-state index < -0.39 is 0 Å². The van der Waals surface area contributed by atoms with Gasteiger partial charge < -0.3 is 11.1 Å². The lowest BCUT2D eigenvalue weighted by molar-refractivity contribution is -0.123. The van der Waals surface area contributed by atoms with E-state index in [0.717, 1.165) is 18.8 Å². The van der Waals surface area contributed by atoms with E-state index in [0.29, 0.717) is 18.4 Å². The molecule has 1 amide bonds. The molecule has 0 radical (unpaired) electrons. The third-order valence-corrected chi connectivity index (χ3v) is 3.72. The third kappa shape index (κ3) is 3.49. The molecule has 1 fully saturated rings. The highest BCUT2D eigenvalue weighted by atomic mass is 16.2. The van der Waals surface area contributed by atoms with Crippen LogP contribution in [-0.4, -0.2) is 18.0 Å². The molecule has 0 heterocycles. The molecule has 0 aromatic rings. The van der Waals surface area contributed by atoms with Crippen LogP contribution in [0.4, 0.5) is 0 Å². The Kier molecular flexibility index (Phi) is 4.58. The van der Waals surface area contributed by atoms with Crippen molar-refractivity contribution in [3.05, 3.63) is 0 Å². The lowest BCUT2D eigenvalue weighted by Gasteiger charge is -2.33. The summed E-state index contributed by atoms with van der Waals surface area (Å²) in [5.41, 5.74) is 5.68. The second-order valence-corrected chi connectivity index (χ2v) is 4.99. The first-order valence-corrected chi connectivity index (χ1v) is 6.10. The molecular formula is C12H24N2O. The number of rotatable bonds is 3. The van der Waals surface area contributed by atoms with Gasteiger partial charge >= 0.3 is 0 Å². The first kappa shape index (κ1) is 12.5. The van der Waals surface area contributed by atoms with E-state index in [-0.39, 0.29) is 11.9 Å². The van der Waals surface area contributed by atoms with E-state index in [1.54, 1.807) is 0 Å². The normalized spacial score (nSPS) is 33.5. The predicted molar refractivity (Wildman–Crippen MR) is 62.4 cm³/mol. The number of nitrogens with one attached hydrogen (secondary N) is 1. The first-order valence-electron chi connectivity index (χ1n) is 6.10. The van der Waals surface area contributed by atoms with Crippen LogP contribution in [0.2, 0.25) is 0 Å². The molecule has 3 nitrogen and oxygen atoms in total. The van der Waals surface area contributed by atoms with E-state index in [2.05, 4.69) is 19.2 Å². The molecular weight excluding hydrogens is 188 g/mol. The molecule has 0 aromatic carbocycles. The van der Waals surface area contributed by atoms with Gasteiger partial charge in [-0.15, -0.1) is 0 Å². The highest BCUT2D eigenvalue weighted by molar-refractivity contribution is 5.81. The fourth-order valence-corrected chi connectivity index (χ4v) is 2.17. The molecule has 3 unspecified atom stereocenters. The summed E-state index contributed by atoms with van der Waals surface area (Å²) in [4.78, 5) is 11.6. The standard InChI is InChI=1S/C12H24N2O/c1-4-11(13)12(15)14-10-6-5-8(2)9(3)7-10/h8-11H,4-7,13H2,1-3H3,(H,14,15)/t8?,9?,10?,11-/m0/s1. The second-order valence-electron chi connectivity index (χ2n) is 4.99. The van der Waals surface area contributed by atoms with E-state index >= 15 is 0 Å². The molecule has 4 atom stereocenters. The summed E-state index contributed by atoms with van der Waals surface area (Å²) in [5.74, 6) is 1.52. The summed E-state index contributed by atoms with van der Waals surface area (Å²) < 4.78 is 0. The molecule has 0 saturated heterocycles. The van der Waals surface area contributed by atoms with Crippen molar-refractivity contribution in [2.45, 2.75) is 58.5 Å². The van der Waals surface area contributed by atoms with Crippen molar-refractivity contribution in [1.29, 1.82) is 0 Å². The van der Waals surface area contributed by atoms with Gasteiger partial charge in [0.1, 0.15) is 0 Å². The van der Waals surface area contributed by atoms with Crippen molar-refractivity contribution in [1.82, 2.24) is 5.32 Å². The van der Waals surface area contributed by atoms with E-state index in [4.69, 9.17) is 5.73 Å². The van der Waals surface area contributed by atoms with Gasteiger partial charge in [-0.2, -0.15) is 0 Å². The molecule has 0 spiro atoms. The average Bonchev–Trinajstić information content (AvgIpc) is 2.22. The van der Waals surface area contributed by atoms with Crippen molar-refractivity contribution in [3.63, 3.8) is 0 Å². The quantitative estimate of drug-likeness (QED) is 0.747. The Bertz CT molecular complexity index is 218. The largest absolute Gasteiger partial charge is 0.352 e. The van der Waals surface area contributed by atoms with Crippen molar-refractivity contribution in [2.24, 2.45) is 17.6 Å². The maximum absolute atomic E-state index is 11.6. The Hall–Kier alpha value is -0.570. The van der Waals surface area contributed by atoms with Crippen molar-refractivity contribution in [2.75, 3.05) is 0 Å². The second kappa shape index (κ2) is 5.50. The number of nitrogens with two attached hydrogens (primary N) is 1. The smallest absolute Gasteiger partial charge is 0.237 e. The third-order valence-electron chi connectivity index (χ3n) is 3.72. The lowest BCUT2D eigenvalue weighted by Crippen LogP contribution is -2.47. The molecule has 0 aliphatic heterocycles. The number of carbonyl (C=O) groups is 1. The Morgan fingerprint density at radius 1 is 1.40 bits per heavy atom. The van der Waals surface area contributed by atoms with Crippen molar-refractivity contribution in [3.8, 4) is 0 Å². The molecule has 88 valence electrons. The van der Waals surface area contributed by atoms with Crippen molar-refractivity contribution < 1.29 is 4.79 Å². The average molecular weight is 212 g/mol. The maximum Gasteiger partial charge on any atom is 0.237 e. The van der Waals surface area contributed by atoms with Crippen LogP contribution in [0.25, 0.3) is 0 Å². The topological polar surface area (TPSA) is 55.1 Å². The van der Waals surface area contributed by atoms with Gasteiger partial charge in [0.2, 0.25) is 5.91 Å². The van der Waals surface area contributed by atoms with Crippen LogP contribution in [0.3, 0.4) is 0 Å². The van der Waals surface area contributed by atoms with Gasteiger partial charge in [-0.25, -0.2) is 0 Å². The Morgan fingerprint density at radius 2 is 2.07 bits per heavy atom. The van der Waals surface area contributed by atoms with Gasteiger partial charge in [-0.1, -0.05) is 20.8 Å². The van der Waals surface area contributed by atoms with Gasteiger partial charge in [0.25, 0.3) is 0 Å². The highest BCUT2D eigenvalue weighted by Gasteiger charge is 2.26. The van der Waals surface area contributed by atoms with E-state index in [1.165, 1.54) is 6.42 Å². The number of hydrogen-bond donors (Lipinski definition) is 2. The molecule has 1 aliphatic carbocycles. The van der Waals surface area contributed by atoms with Crippen LogP contribution >= 0.6 is 0 Å². The molecule has 15 heavy (non-hydrogen) atoms. The minimum Gasteiger partial charge on any atom is -0.352 e. The van der Waals surface area contributed by atoms with Gasteiger partial charge in [-0.3, -0.25) is 4.79 Å². The number of hydrogen-bond acceptors (Lipinski definition) is 2. The number of carbonyl (C=O) groups excluding carboxylic acids is 1. The SMILES string of the molecule is CC[C@H](N)C(=O)NC1CCC(C)C(C)C1. The summed E-state index contributed by atoms with van der Waals surface area (Å²) in [6, 6.07) is 0.0148. The van der Waals surface area contributed by atoms with Crippen LogP contribution in [-0.2, 0) is 4.79 Å². The highest BCUT2D eigenvalue weighted by Crippen LogP contribution is 2.29. The molecule has 0 bridgehead atoms. The van der Waals surface area contributed by atoms with Gasteiger partial charge in [-0.05, 0) is 37.5 Å². The predicted octanol–water partition coefficient (Wildman–Crippen LogP) is 1.66. The molecule has 3 N–H and O–H groups in total.